The lowest BCUT2D eigenvalue weighted by atomic mass is 9.72. The summed E-state index contributed by atoms with van der Waals surface area (Å²) in [5.74, 6) is 1.24. The van der Waals surface area contributed by atoms with Crippen molar-refractivity contribution in [3.8, 4) is 5.75 Å². The highest BCUT2D eigenvalue weighted by atomic mass is 16.5. The van der Waals surface area contributed by atoms with Gasteiger partial charge in [-0.1, -0.05) is 24.3 Å². The number of hydrogen-bond donors (Lipinski definition) is 0. The van der Waals surface area contributed by atoms with Crippen LogP contribution in [-0.4, -0.2) is 62.4 Å². The molecule has 0 aliphatic carbocycles. The number of pyridine rings is 1. The molecule has 0 saturated carbocycles. The van der Waals surface area contributed by atoms with Crippen molar-refractivity contribution in [1.82, 2.24) is 9.88 Å². The van der Waals surface area contributed by atoms with Crippen LogP contribution in [0.3, 0.4) is 0 Å². The Hall–Kier alpha value is -2.96. The van der Waals surface area contributed by atoms with Gasteiger partial charge >= 0.3 is 0 Å². The molecule has 3 aromatic rings. The Morgan fingerprint density at radius 2 is 1.91 bits per heavy atom. The SMILES string of the molecule is COc1ccc(C2(C(=O)N3CCOCC(Cc4ccc5ncccc5c4)C3)CCOCC2)cc1. The van der Waals surface area contributed by atoms with Crippen molar-refractivity contribution in [2.24, 2.45) is 5.92 Å². The molecular formula is C28H32N2O4. The van der Waals surface area contributed by atoms with E-state index in [2.05, 4.69) is 29.2 Å². The highest BCUT2D eigenvalue weighted by molar-refractivity contribution is 5.88. The molecule has 2 saturated heterocycles. The lowest BCUT2D eigenvalue weighted by molar-refractivity contribution is -0.141. The van der Waals surface area contributed by atoms with Gasteiger partial charge in [0.15, 0.2) is 0 Å². The van der Waals surface area contributed by atoms with E-state index in [0.717, 1.165) is 28.6 Å². The molecule has 0 radical (unpaired) electrons. The molecule has 2 fully saturated rings. The molecular weight excluding hydrogens is 428 g/mol. The number of nitrogens with zero attached hydrogens (tertiary/aromatic N) is 2. The fraction of sp³-hybridized carbons (Fsp3) is 0.429. The number of ether oxygens (including phenoxy) is 3. The first-order valence-corrected chi connectivity index (χ1v) is 12.1. The minimum Gasteiger partial charge on any atom is -0.497 e. The van der Waals surface area contributed by atoms with Crippen molar-refractivity contribution < 1.29 is 19.0 Å². The normalized spacial score (nSPS) is 20.6. The quantitative estimate of drug-likeness (QED) is 0.576. The largest absolute Gasteiger partial charge is 0.497 e. The van der Waals surface area contributed by atoms with Crippen LogP contribution in [-0.2, 0) is 26.1 Å². The minimum absolute atomic E-state index is 0.194. The Balaban J connectivity index is 1.37. The van der Waals surface area contributed by atoms with Gasteiger partial charge in [-0.25, -0.2) is 0 Å². The van der Waals surface area contributed by atoms with Crippen LogP contribution < -0.4 is 4.74 Å². The summed E-state index contributed by atoms with van der Waals surface area (Å²) in [5.41, 5.74) is 2.74. The van der Waals surface area contributed by atoms with Gasteiger partial charge in [-0.3, -0.25) is 9.78 Å². The maximum atomic E-state index is 14.1. The number of amides is 1. The van der Waals surface area contributed by atoms with E-state index in [0.29, 0.717) is 52.4 Å². The summed E-state index contributed by atoms with van der Waals surface area (Å²) in [4.78, 5) is 20.6. The van der Waals surface area contributed by atoms with Crippen molar-refractivity contribution in [1.29, 1.82) is 0 Å². The molecule has 3 heterocycles. The number of aromatic nitrogens is 1. The molecule has 5 rings (SSSR count). The second-order valence-electron chi connectivity index (χ2n) is 9.35. The van der Waals surface area contributed by atoms with Crippen LogP contribution in [0.4, 0.5) is 0 Å². The average Bonchev–Trinajstić information content (AvgIpc) is 3.14. The molecule has 1 amide bonds. The fourth-order valence-corrected chi connectivity index (χ4v) is 5.33. The van der Waals surface area contributed by atoms with E-state index in [1.165, 1.54) is 5.56 Å². The Morgan fingerprint density at radius 3 is 2.71 bits per heavy atom. The molecule has 0 bridgehead atoms. The topological polar surface area (TPSA) is 60.9 Å². The first-order valence-electron chi connectivity index (χ1n) is 12.1. The van der Waals surface area contributed by atoms with Gasteiger partial charge in [0.2, 0.25) is 5.91 Å². The maximum absolute atomic E-state index is 14.1. The van der Waals surface area contributed by atoms with Gasteiger partial charge in [0.05, 0.1) is 31.3 Å². The Labute approximate surface area is 200 Å². The van der Waals surface area contributed by atoms with Crippen LogP contribution in [0.5, 0.6) is 5.75 Å². The lowest BCUT2D eigenvalue weighted by Gasteiger charge is -2.40. The third-order valence-electron chi connectivity index (χ3n) is 7.22. The average molecular weight is 461 g/mol. The van der Waals surface area contributed by atoms with Crippen LogP contribution in [0.15, 0.2) is 60.8 Å². The van der Waals surface area contributed by atoms with E-state index < -0.39 is 5.41 Å². The number of benzene rings is 2. The van der Waals surface area contributed by atoms with Crippen molar-refractivity contribution in [2.45, 2.75) is 24.7 Å². The summed E-state index contributed by atoms with van der Waals surface area (Å²) in [5, 5.41) is 1.14. The number of rotatable bonds is 5. The van der Waals surface area contributed by atoms with Gasteiger partial charge in [-0.2, -0.15) is 0 Å². The van der Waals surface area contributed by atoms with E-state index in [1.54, 1.807) is 7.11 Å². The number of carbonyl (C=O) groups excluding carboxylic acids is 1. The third kappa shape index (κ3) is 4.65. The van der Waals surface area contributed by atoms with Crippen molar-refractivity contribution in [2.75, 3.05) is 46.6 Å². The number of carbonyl (C=O) groups is 1. The molecule has 1 atom stereocenters. The van der Waals surface area contributed by atoms with Crippen LogP contribution in [0.25, 0.3) is 10.9 Å². The summed E-state index contributed by atoms with van der Waals surface area (Å²) in [6, 6.07) is 18.5. The van der Waals surface area contributed by atoms with Gasteiger partial charge in [0, 0.05) is 43.8 Å². The molecule has 2 aliphatic heterocycles. The van der Waals surface area contributed by atoms with Crippen LogP contribution >= 0.6 is 0 Å². The van der Waals surface area contributed by atoms with Crippen molar-refractivity contribution >= 4 is 16.8 Å². The van der Waals surface area contributed by atoms with Crippen LogP contribution in [0.2, 0.25) is 0 Å². The lowest BCUT2D eigenvalue weighted by Crippen LogP contribution is -2.51. The van der Waals surface area contributed by atoms with Crippen molar-refractivity contribution in [3.63, 3.8) is 0 Å². The molecule has 178 valence electrons. The molecule has 1 unspecified atom stereocenters. The molecule has 0 spiro atoms. The zero-order chi connectivity index (χ0) is 23.4. The molecule has 2 aromatic carbocycles. The molecule has 0 N–H and O–H groups in total. The summed E-state index contributed by atoms with van der Waals surface area (Å²) in [6.45, 7) is 3.73. The number of hydrogen-bond acceptors (Lipinski definition) is 5. The van der Waals surface area contributed by atoms with Gasteiger partial charge in [0.25, 0.3) is 0 Å². The summed E-state index contributed by atoms with van der Waals surface area (Å²) < 4.78 is 17.0. The standard InChI is InChI=1S/C28H32N2O4/c1-32-25-7-5-24(6-8-25)28(10-14-33-15-11-28)27(31)30-13-16-34-20-22(19-30)17-21-4-9-26-23(18-21)3-2-12-29-26/h2-9,12,18,22H,10-11,13-17,19-20H2,1H3. The second kappa shape index (κ2) is 10.1. The van der Waals surface area contributed by atoms with E-state index in [-0.39, 0.29) is 11.8 Å². The zero-order valence-electron chi connectivity index (χ0n) is 19.7. The molecule has 34 heavy (non-hydrogen) atoms. The summed E-state index contributed by atoms with van der Waals surface area (Å²) >= 11 is 0. The van der Waals surface area contributed by atoms with Crippen molar-refractivity contribution in [3.05, 3.63) is 71.9 Å². The van der Waals surface area contributed by atoms with E-state index >= 15 is 0 Å². The van der Waals surface area contributed by atoms with Gasteiger partial charge < -0.3 is 19.1 Å². The summed E-state index contributed by atoms with van der Waals surface area (Å²) in [6.07, 6.45) is 4.07. The van der Waals surface area contributed by atoms with E-state index in [4.69, 9.17) is 14.2 Å². The van der Waals surface area contributed by atoms with Gasteiger partial charge in [-0.05, 0) is 60.7 Å². The highest BCUT2D eigenvalue weighted by Gasteiger charge is 2.44. The smallest absolute Gasteiger partial charge is 0.233 e. The van der Waals surface area contributed by atoms with Crippen LogP contribution in [0, 0.1) is 5.92 Å². The molecule has 6 nitrogen and oxygen atoms in total. The predicted molar refractivity (Wildman–Crippen MR) is 131 cm³/mol. The van der Waals surface area contributed by atoms with E-state index in [9.17, 15) is 4.79 Å². The zero-order valence-corrected chi connectivity index (χ0v) is 19.7. The first-order chi connectivity index (χ1) is 16.7. The Morgan fingerprint density at radius 1 is 1.09 bits per heavy atom. The number of fused-ring (bicyclic) bond motifs is 1. The Kier molecular flexibility index (Phi) is 6.79. The fourth-order valence-electron chi connectivity index (χ4n) is 5.33. The van der Waals surface area contributed by atoms with Gasteiger partial charge in [-0.15, -0.1) is 0 Å². The van der Waals surface area contributed by atoms with Crippen LogP contribution in [0.1, 0.15) is 24.0 Å². The minimum atomic E-state index is -0.561. The monoisotopic (exact) mass is 460 g/mol. The first kappa shape index (κ1) is 22.8. The Bertz CT molecular complexity index is 1120. The molecule has 2 aliphatic rings. The predicted octanol–water partition coefficient (Wildman–Crippen LogP) is 4.01. The number of methoxy groups -OCH3 is 1. The molecule has 1 aromatic heterocycles. The highest BCUT2D eigenvalue weighted by Crippen LogP contribution is 2.38. The second-order valence-corrected chi connectivity index (χ2v) is 9.35. The van der Waals surface area contributed by atoms with E-state index in [1.807, 2.05) is 41.4 Å². The van der Waals surface area contributed by atoms with Gasteiger partial charge in [0.1, 0.15) is 5.75 Å². The summed E-state index contributed by atoms with van der Waals surface area (Å²) in [7, 11) is 1.66. The third-order valence-corrected chi connectivity index (χ3v) is 7.22. The maximum Gasteiger partial charge on any atom is 0.233 e. The molecule has 6 heteroatoms.